The fourth-order valence-corrected chi connectivity index (χ4v) is 3.76. The SMILES string of the molecule is CCCC(=O)N(/C=C1\Sc2ccccc2C1=O)c1ccc(C(=O)OC)cc1. The highest BCUT2D eigenvalue weighted by molar-refractivity contribution is 8.04. The van der Waals surface area contributed by atoms with E-state index in [0.717, 1.165) is 4.90 Å². The molecular formula is C21H19NO4S. The number of ether oxygens (including phenoxy) is 1. The van der Waals surface area contributed by atoms with Crippen molar-refractivity contribution in [3.63, 3.8) is 0 Å². The zero-order valence-electron chi connectivity index (χ0n) is 15.1. The van der Waals surface area contributed by atoms with Gasteiger partial charge in [-0.05, 0) is 42.8 Å². The van der Waals surface area contributed by atoms with Gasteiger partial charge >= 0.3 is 5.97 Å². The van der Waals surface area contributed by atoms with Crippen LogP contribution in [0.3, 0.4) is 0 Å². The van der Waals surface area contributed by atoms with Gasteiger partial charge in [-0.1, -0.05) is 30.8 Å². The van der Waals surface area contributed by atoms with Gasteiger partial charge in [-0.3, -0.25) is 14.5 Å². The van der Waals surface area contributed by atoms with Crippen molar-refractivity contribution < 1.29 is 19.1 Å². The monoisotopic (exact) mass is 381 g/mol. The van der Waals surface area contributed by atoms with Crippen molar-refractivity contribution in [3.8, 4) is 0 Å². The Morgan fingerprint density at radius 2 is 1.81 bits per heavy atom. The molecule has 138 valence electrons. The smallest absolute Gasteiger partial charge is 0.337 e. The Morgan fingerprint density at radius 1 is 1.11 bits per heavy atom. The van der Waals surface area contributed by atoms with Crippen molar-refractivity contribution in [1.82, 2.24) is 0 Å². The fraction of sp³-hybridized carbons (Fsp3) is 0.190. The molecule has 3 rings (SSSR count). The molecule has 1 amide bonds. The summed E-state index contributed by atoms with van der Waals surface area (Å²) in [6.45, 7) is 1.93. The first-order valence-electron chi connectivity index (χ1n) is 8.59. The summed E-state index contributed by atoms with van der Waals surface area (Å²) in [5.41, 5.74) is 1.64. The normalized spacial score (nSPS) is 14.1. The van der Waals surface area contributed by atoms with Crippen molar-refractivity contribution in [2.45, 2.75) is 24.7 Å². The van der Waals surface area contributed by atoms with Gasteiger partial charge in [0.15, 0.2) is 0 Å². The number of hydrogen-bond donors (Lipinski definition) is 0. The van der Waals surface area contributed by atoms with E-state index >= 15 is 0 Å². The molecule has 27 heavy (non-hydrogen) atoms. The van der Waals surface area contributed by atoms with Gasteiger partial charge in [0.25, 0.3) is 0 Å². The molecule has 0 saturated heterocycles. The number of methoxy groups -OCH3 is 1. The summed E-state index contributed by atoms with van der Waals surface area (Å²) in [5, 5.41) is 0. The number of amides is 1. The van der Waals surface area contributed by atoms with Crippen LogP contribution in [-0.2, 0) is 9.53 Å². The Morgan fingerprint density at radius 3 is 2.44 bits per heavy atom. The Bertz CT molecular complexity index is 918. The minimum atomic E-state index is -0.441. The molecule has 5 nitrogen and oxygen atoms in total. The van der Waals surface area contributed by atoms with E-state index in [1.807, 2.05) is 25.1 Å². The highest BCUT2D eigenvalue weighted by Crippen LogP contribution is 2.40. The number of rotatable bonds is 5. The van der Waals surface area contributed by atoms with E-state index in [9.17, 15) is 14.4 Å². The van der Waals surface area contributed by atoms with Gasteiger partial charge in [0.05, 0.1) is 17.6 Å². The summed E-state index contributed by atoms with van der Waals surface area (Å²) in [6, 6.07) is 13.9. The Balaban J connectivity index is 1.94. The molecule has 0 spiro atoms. The number of Topliss-reactive ketones (excluding diaryl/α,β-unsaturated/α-hetero) is 1. The molecule has 0 radical (unpaired) electrons. The Kier molecular flexibility index (Phi) is 5.76. The van der Waals surface area contributed by atoms with E-state index in [1.165, 1.54) is 23.8 Å². The number of carbonyl (C=O) groups excluding carboxylic acids is 3. The molecule has 1 aliphatic rings. The lowest BCUT2D eigenvalue weighted by molar-refractivity contribution is -0.118. The summed E-state index contributed by atoms with van der Waals surface area (Å²) in [7, 11) is 1.32. The average molecular weight is 381 g/mol. The molecule has 6 heteroatoms. The first kappa shape index (κ1) is 18.9. The zero-order chi connectivity index (χ0) is 19.4. The van der Waals surface area contributed by atoms with Crippen molar-refractivity contribution in [1.29, 1.82) is 0 Å². The molecule has 1 heterocycles. The fourth-order valence-electron chi connectivity index (χ4n) is 2.74. The van der Waals surface area contributed by atoms with Crippen molar-refractivity contribution >= 4 is 35.1 Å². The van der Waals surface area contributed by atoms with Crippen LogP contribution in [0.15, 0.2) is 64.5 Å². The van der Waals surface area contributed by atoms with Crippen LogP contribution in [0.5, 0.6) is 0 Å². The molecule has 0 saturated carbocycles. The number of benzene rings is 2. The lowest BCUT2D eigenvalue weighted by atomic mass is 10.1. The van der Waals surface area contributed by atoms with Gasteiger partial charge in [-0.25, -0.2) is 4.79 Å². The lowest BCUT2D eigenvalue weighted by Crippen LogP contribution is -2.25. The second kappa shape index (κ2) is 8.22. The molecule has 0 aromatic heterocycles. The number of fused-ring (bicyclic) bond motifs is 1. The van der Waals surface area contributed by atoms with Gasteiger partial charge in [0.1, 0.15) is 0 Å². The third kappa shape index (κ3) is 3.95. The molecule has 2 aromatic carbocycles. The van der Waals surface area contributed by atoms with E-state index in [4.69, 9.17) is 4.74 Å². The molecule has 0 fully saturated rings. The van der Waals surface area contributed by atoms with Gasteiger partial charge in [-0.15, -0.1) is 0 Å². The second-order valence-corrected chi connectivity index (χ2v) is 7.06. The zero-order valence-corrected chi connectivity index (χ0v) is 15.9. The summed E-state index contributed by atoms with van der Waals surface area (Å²) >= 11 is 1.36. The maximum atomic E-state index is 12.7. The first-order valence-corrected chi connectivity index (χ1v) is 9.40. The second-order valence-electron chi connectivity index (χ2n) is 5.97. The molecule has 0 unspecified atom stereocenters. The van der Waals surface area contributed by atoms with Gasteiger partial charge in [0.2, 0.25) is 11.7 Å². The predicted octanol–water partition coefficient (Wildman–Crippen LogP) is 4.44. The van der Waals surface area contributed by atoms with Crippen molar-refractivity contribution in [2.75, 3.05) is 12.0 Å². The van der Waals surface area contributed by atoms with Crippen LogP contribution < -0.4 is 4.90 Å². The number of ketones is 1. The van der Waals surface area contributed by atoms with E-state index in [0.29, 0.717) is 34.6 Å². The van der Waals surface area contributed by atoms with Crippen molar-refractivity contribution in [3.05, 3.63) is 70.8 Å². The molecule has 2 aromatic rings. The minimum Gasteiger partial charge on any atom is -0.465 e. The van der Waals surface area contributed by atoms with Crippen LogP contribution in [0.4, 0.5) is 5.69 Å². The number of thioether (sulfide) groups is 1. The minimum absolute atomic E-state index is 0.0870. The third-order valence-electron chi connectivity index (χ3n) is 4.12. The lowest BCUT2D eigenvalue weighted by Gasteiger charge is -2.19. The van der Waals surface area contributed by atoms with Gasteiger partial charge < -0.3 is 4.74 Å². The number of esters is 1. The van der Waals surface area contributed by atoms with Crippen LogP contribution in [0, 0.1) is 0 Å². The summed E-state index contributed by atoms with van der Waals surface area (Å²) < 4.78 is 4.70. The molecule has 0 aliphatic carbocycles. The van der Waals surface area contributed by atoms with Crippen LogP contribution in [0.2, 0.25) is 0 Å². The first-order chi connectivity index (χ1) is 13.0. The van der Waals surface area contributed by atoms with E-state index in [1.54, 1.807) is 36.5 Å². The largest absolute Gasteiger partial charge is 0.465 e. The molecule has 1 aliphatic heterocycles. The summed E-state index contributed by atoms with van der Waals surface area (Å²) in [6.07, 6.45) is 2.65. The quantitative estimate of drug-likeness (QED) is 0.566. The third-order valence-corrected chi connectivity index (χ3v) is 5.21. The maximum Gasteiger partial charge on any atom is 0.337 e. The van der Waals surface area contributed by atoms with E-state index in [2.05, 4.69) is 0 Å². The maximum absolute atomic E-state index is 12.7. The van der Waals surface area contributed by atoms with Crippen LogP contribution in [0.1, 0.15) is 40.5 Å². The summed E-state index contributed by atoms with van der Waals surface area (Å²) in [5.74, 6) is -0.639. The van der Waals surface area contributed by atoms with Crippen LogP contribution in [0.25, 0.3) is 0 Å². The predicted molar refractivity (Wildman–Crippen MR) is 105 cm³/mol. The number of nitrogens with zero attached hydrogens (tertiary/aromatic N) is 1. The van der Waals surface area contributed by atoms with Gasteiger partial charge in [0, 0.05) is 28.8 Å². The van der Waals surface area contributed by atoms with E-state index in [-0.39, 0.29) is 11.7 Å². The summed E-state index contributed by atoms with van der Waals surface area (Å²) in [4.78, 5) is 39.8. The van der Waals surface area contributed by atoms with E-state index < -0.39 is 5.97 Å². The number of anilines is 1. The van der Waals surface area contributed by atoms with Crippen LogP contribution in [-0.4, -0.2) is 24.8 Å². The highest BCUT2D eigenvalue weighted by Gasteiger charge is 2.27. The molecular weight excluding hydrogens is 362 g/mol. The van der Waals surface area contributed by atoms with Crippen molar-refractivity contribution in [2.24, 2.45) is 0 Å². The highest BCUT2D eigenvalue weighted by atomic mass is 32.2. The molecule has 0 N–H and O–H groups in total. The number of carbonyl (C=O) groups is 3. The number of hydrogen-bond acceptors (Lipinski definition) is 5. The Labute approximate surface area is 162 Å². The number of allylic oxidation sites excluding steroid dienone is 1. The molecule has 0 bridgehead atoms. The topological polar surface area (TPSA) is 63.7 Å². The average Bonchev–Trinajstić information content (AvgIpc) is 3.01. The van der Waals surface area contributed by atoms with Crippen LogP contribution >= 0.6 is 11.8 Å². The van der Waals surface area contributed by atoms with Gasteiger partial charge in [-0.2, -0.15) is 0 Å². The molecule has 0 atom stereocenters. The standard InChI is InChI=1S/C21H19NO4S/c1-3-6-19(23)22(15-11-9-14(10-12-15)21(25)26-2)13-18-20(24)16-7-4-5-8-17(16)27-18/h4-5,7-13H,3,6H2,1-2H3/b18-13-. The Hall–Kier alpha value is -2.86.